The van der Waals surface area contributed by atoms with Crippen LogP contribution in [0.1, 0.15) is 59.8 Å². The Bertz CT molecular complexity index is 448. The summed E-state index contributed by atoms with van der Waals surface area (Å²) in [5, 5.41) is 11.7. The second-order valence-corrected chi connectivity index (χ2v) is 7.61. The van der Waals surface area contributed by atoms with Gasteiger partial charge in [-0.15, -0.1) is 0 Å². The summed E-state index contributed by atoms with van der Waals surface area (Å²) < 4.78 is 0. The maximum atomic E-state index is 12.8. The van der Waals surface area contributed by atoms with Gasteiger partial charge in [0.25, 0.3) is 0 Å². The summed E-state index contributed by atoms with van der Waals surface area (Å²) in [7, 11) is 0. The molecule has 1 saturated heterocycles. The third kappa shape index (κ3) is 6.89. The normalized spacial score (nSPS) is 19.4. The summed E-state index contributed by atoms with van der Waals surface area (Å²) >= 11 is 0. The second-order valence-electron chi connectivity index (χ2n) is 7.61. The van der Waals surface area contributed by atoms with Crippen LogP contribution in [0.5, 0.6) is 0 Å². The lowest BCUT2D eigenvalue weighted by Gasteiger charge is -2.36. The Labute approximate surface area is 145 Å². The molecule has 2 atom stereocenters. The van der Waals surface area contributed by atoms with Gasteiger partial charge in [0.05, 0.1) is 0 Å². The molecule has 1 heterocycles. The van der Waals surface area contributed by atoms with Crippen molar-refractivity contribution in [2.75, 3.05) is 13.1 Å². The molecule has 0 saturated carbocycles. The molecule has 1 aliphatic heterocycles. The fraction of sp³-hybridized carbons (Fsp3) is 0.833. The number of carboxylic acid groups (broad SMARTS) is 1. The zero-order valence-corrected chi connectivity index (χ0v) is 15.4. The van der Waals surface area contributed by atoms with Crippen LogP contribution in [0.2, 0.25) is 0 Å². The Balaban J connectivity index is 2.65. The highest BCUT2D eigenvalue weighted by atomic mass is 16.4. The molecule has 2 N–H and O–H groups in total. The van der Waals surface area contributed by atoms with Crippen molar-refractivity contribution in [3.8, 4) is 0 Å². The van der Waals surface area contributed by atoms with Gasteiger partial charge in [-0.05, 0) is 37.0 Å². The number of hydrogen-bond acceptors (Lipinski definition) is 3. The highest BCUT2D eigenvalue weighted by Gasteiger charge is 2.31. The predicted molar refractivity (Wildman–Crippen MR) is 92.4 cm³/mol. The number of amides is 2. The van der Waals surface area contributed by atoms with Gasteiger partial charge in [-0.1, -0.05) is 27.7 Å². The smallest absolute Gasteiger partial charge is 0.303 e. The predicted octanol–water partition coefficient (Wildman–Crippen LogP) is 2.28. The number of piperidine rings is 1. The molecule has 1 aliphatic rings. The number of hydrogen-bond donors (Lipinski definition) is 2. The fourth-order valence-corrected chi connectivity index (χ4v) is 3.14. The summed E-state index contributed by atoms with van der Waals surface area (Å²) in [4.78, 5) is 37.4. The Morgan fingerprint density at radius 2 is 1.88 bits per heavy atom. The number of carbonyl (C=O) groups is 3. The highest BCUT2D eigenvalue weighted by Crippen LogP contribution is 2.22. The van der Waals surface area contributed by atoms with Gasteiger partial charge in [-0.3, -0.25) is 14.4 Å². The minimum absolute atomic E-state index is 0.0213. The lowest BCUT2D eigenvalue weighted by Crippen LogP contribution is -2.53. The Kier molecular flexibility index (Phi) is 8.22. The SMILES string of the molecule is CC(C)CC(=O)NC(C(=O)N1CCCC(CCC(=O)O)C1)C(C)C. The lowest BCUT2D eigenvalue weighted by molar-refractivity contribution is -0.139. The molecule has 6 heteroatoms. The minimum atomic E-state index is -0.792. The first-order chi connectivity index (χ1) is 11.2. The van der Waals surface area contributed by atoms with Crippen LogP contribution in [-0.4, -0.2) is 46.9 Å². The first kappa shape index (κ1) is 20.5. The summed E-state index contributed by atoms with van der Waals surface area (Å²) in [5.74, 6) is -0.410. The molecular formula is C18H32N2O4. The Morgan fingerprint density at radius 3 is 2.42 bits per heavy atom. The standard InChI is InChI=1S/C18H32N2O4/c1-12(2)10-15(21)19-17(13(3)4)18(24)20-9-5-6-14(11-20)7-8-16(22)23/h12-14,17H,5-11H2,1-4H3,(H,19,21)(H,22,23). The van der Waals surface area contributed by atoms with E-state index in [4.69, 9.17) is 5.11 Å². The van der Waals surface area contributed by atoms with E-state index in [0.29, 0.717) is 25.9 Å². The number of rotatable bonds is 8. The van der Waals surface area contributed by atoms with Crippen LogP contribution in [0.3, 0.4) is 0 Å². The summed E-state index contributed by atoms with van der Waals surface area (Å²) in [5.41, 5.74) is 0. The van der Waals surface area contributed by atoms with E-state index in [1.807, 2.05) is 27.7 Å². The van der Waals surface area contributed by atoms with E-state index < -0.39 is 12.0 Å². The van der Waals surface area contributed by atoms with E-state index >= 15 is 0 Å². The molecule has 138 valence electrons. The maximum Gasteiger partial charge on any atom is 0.303 e. The number of carboxylic acids is 1. The third-order valence-electron chi connectivity index (χ3n) is 4.44. The van der Waals surface area contributed by atoms with Crippen molar-refractivity contribution in [1.29, 1.82) is 0 Å². The van der Waals surface area contributed by atoms with Gasteiger partial charge in [0, 0.05) is 25.9 Å². The van der Waals surface area contributed by atoms with E-state index in [1.54, 1.807) is 4.90 Å². The molecule has 1 rings (SSSR count). The van der Waals surface area contributed by atoms with Crippen molar-refractivity contribution in [3.05, 3.63) is 0 Å². The number of likely N-dealkylation sites (tertiary alicyclic amines) is 1. The van der Waals surface area contributed by atoms with E-state index in [0.717, 1.165) is 12.8 Å². The molecule has 1 fully saturated rings. The van der Waals surface area contributed by atoms with Crippen LogP contribution in [0, 0.1) is 17.8 Å². The van der Waals surface area contributed by atoms with Crippen LogP contribution >= 0.6 is 0 Å². The van der Waals surface area contributed by atoms with Crippen LogP contribution < -0.4 is 5.32 Å². The number of nitrogens with zero attached hydrogens (tertiary/aromatic N) is 1. The zero-order valence-electron chi connectivity index (χ0n) is 15.4. The third-order valence-corrected chi connectivity index (χ3v) is 4.44. The second kappa shape index (κ2) is 9.64. The van der Waals surface area contributed by atoms with Crippen LogP contribution in [0.25, 0.3) is 0 Å². The van der Waals surface area contributed by atoms with Crippen molar-refractivity contribution in [3.63, 3.8) is 0 Å². The minimum Gasteiger partial charge on any atom is -0.481 e. The summed E-state index contributed by atoms with van der Waals surface area (Å²) in [6, 6.07) is -0.505. The first-order valence-electron chi connectivity index (χ1n) is 9.00. The van der Waals surface area contributed by atoms with Crippen molar-refractivity contribution in [1.82, 2.24) is 10.2 Å². The molecule has 0 spiro atoms. The van der Waals surface area contributed by atoms with E-state index in [9.17, 15) is 14.4 Å². The first-order valence-corrected chi connectivity index (χ1v) is 9.00. The molecule has 2 unspecified atom stereocenters. The number of aliphatic carboxylic acids is 1. The Morgan fingerprint density at radius 1 is 1.21 bits per heavy atom. The fourth-order valence-electron chi connectivity index (χ4n) is 3.14. The lowest BCUT2D eigenvalue weighted by atomic mass is 9.92. The van der Waals surface area contributed by atoms with Crippen molar-refractivity contribution in [2.45, 2.75) is 65.8 Å². The van der Waals surface area contributed by atoms with Gasteiger partial charge >= 0.3 is 5.97 Å². The maximum absolute atomic E-state index is 12.8. The van der Waals surface area contributed by atoms with Gasteiger partial charge in [0.1, 0.15) is 6.04 Å². The van der Waals surface area contributed by atoms with E-state index in [2.05, 4.69) is 5.32 Å². The molecule has 0 aliphatic carbocycles. The van der Waals surface area contributed by atoms with Gasteiger partial charge in [0.15, 0.2) is 0 Å². The quantitative estimate of drug-likeness (QED) is 0.710. The molecule has 0 aromatic carbocycles. The largest absolute Gasteiger partial charge is 0.481 e. The average molecular weight is 340 g/mol. The number of carbonyl (C=O) groups excluding carboxylic acids is 2. The molecule has 24 heavy (non-hydrogen) atoms. The van der Waals surface area contributed by atoms with Crippen molar-refractivity contribution in [2.24, 2.45) is 17.8 Å². The highest BCUT2D eigenvalue weighted by molar-refractivity contribution is 5.88. The topological polar surface area (TPSA) is 86.7 Å². The summed E-state index contributed by atoms with van der Waals surface area (Å²) in [6.07, 6.45) is 3.01. The molecule has 0 bridgehead atoms. The van der Waals surface area contributed by atoms with Crippen LogP contribution in [0.15, 0.2) is 0 Å². The van der Waals surface area contributed by atoms with Gasteiger partial charge < -0.3 is 15.3 Å². The van der Waals surface area contributed by atoms with Crippen molar-refractivity contribution < 1.29 is 19.5 Å². The molecular weight excluding hydrogens is 308 g/mol. The number of nitrogens with one attached hydrogen (secondary N) is 1. The molecule has 6 nitrogen and oxygen atoms in total. The van der Waals surface area contributed by atoms with Gasteiger partial charge in [0.2, 0.25) is 11.8 Å². The van der Waals surface area contributed by atoms with Gasteiger partial charge in [-0.2, -0.15) is 0 Å². The van der Waals surface area contributed by atoms with Crippen molar-refractivity contribution >= 4 is 17.8 Å². The zero-order chi connectivity index (χ0) is 18.3. The average Bonchev–Trinajstić information content (AvgIpc) is 2.49. The molecule has 2 amide bonds. The summed E-state index contributed by atoms with van der Waals surface area (Å²) in [6.45, 7) is 9.10. The monoisotopic (exact) mass is 340 g/mol. The molecule has 0 aromatic heterocycles. The van der Waals surface area contributed by atoms with Crippen LogP contribution in [0.4, 0.5) is 0 Å². The van der Waals surface area contributed by atoms with Crippen LogP contribution in [-0.2, 0) is 14.4 Å². The Hall–Kier alpha value is -1.59. The van der Waals surface area contributed by atoms with E-state index in [-0.39, 0.29) is 36.0 Å². The molecule has 0 aromatic rings. The van der Waals surface area contributed by atoms with E-state index in [1.165, 1.54) is 0 Å². The van der Waals surface area contributed by atoms with Gasteiger partial charge in [-0.25, -0.2) is 0 Å². The molecule has 0 radical (unpaired) electrons.